The number of nitrogens with one attached hydrogen (secondary N) is 1. The first-order valence-electron chi connectivity index (χ1n) is 9.23. The molecule has 0 unspecified atom stereocenters. The molecular formula is C19H26N4O3S. The standard InChI is InChI=1S/C19H26N4O3S/c1-4-27(25,26)22-12-10-16(11-13-22)20-19(24)18-14(2)21-23(15(18)3)17-8-6-5-7-9-17/h5-9,16H,4,10-13H2,1-3H3,(H,20,24). The third-order valence-corrected chi connectivity index (χ3v) is 6.95. The number of hydrogen-bond donors (Lipinski definition) is 1. The highest BCUT2D eigenvalue weighted by molar-refractivity contribution is 7.89. The maximum absolute atomic E-state index is 12.8. The van der Waals surface area contributed by atoms with Gasteiger partial charge in [0.15, 0.2) is 0 Å². The van der Waals surface area contributed by atoms with Gasteiger partial charge in [0.1, 0.15) is 0 Å². The number of hydrogen-bond acceptors (Lipinski definition) is 4. The molecule has 7 nitrogen and oxygen atoms in total. The van der Waals surface area contributed by atoms with E-state index in [0.29, 0.717) is 37.2 Å². The molecule has 27 heavy (non-hydrogen) atoms. The number of aromatic nitrogens is 2. The number of benzene rings is 1. The highest BCUT2D eigenvalue weighted by Gasteiger charge is 2.28. The number of sulfonamides is 1. The van der Waals surface area contributed by atoms with Crippen molar-refractivity contribution in [3.05, 3.63) is 47.3 Å². The predicted octanol–water partition coefficient (Wildman–Crippen LogP) is 2.03. The van der Waals surface area contributed by atoms with Crippen LogP contribution in [0.5, 0.6) is 0 Å². The molecule has 1 fully saturated rings. The SMILES string of the molecule is CCS(=O)(=O)N1CCC(NC(=O)c2c(C)nn(-c3ccccc3)c2C)CC1. The third kappa shape index (κ3) is 4.06. The molecule has 8 heteroatoms. The van der Waals surface area contributed by atoms with Gasteiger partial charge in [0, 0.05) is 19.1 Å². The van der Waals surface area contributed by atoms with Crippen LogP contribution in [0.15, 0.2) is 30.3 Å². The molecule has 0 atom stereocenters. The van der Waals surface area contributed by atoms with Crippen molar-refractivity contribution < 1.29 is 13.2 Å². The van der Waals surface area contributed by atoms with Crippen molar-refractivity contribution in [2.24, 2.45) is 0 Å². The Hall–Kier alpha value is -2.19. The van der Waals surface area contributed by atoms with E-state index >= 15 is 0 Å². The highest BCUT2D eigenvalue weighted by Crippen LogP contribution is 2.19. The Kier molecular flexibility index (Phi) is 5.67. The Bertz CT molecular complexity index is 914. The number of piperidine rings is 1. The molecule has 1 aliphatic heterocycles. The lowest BCUT2D eigenvalue weighted by atomic mass is 10.1. The molecule has 0 radical (unpaired) electrons. The van der Waals surface area contributed by atoms with Gasteiger partial charge < -0.3 is 5.32 Å². The van der Waals surface area contributed by atoms with Gasteiger partial charge in [-0.2, -0.15) is 5.10 Å². The lowest BCUT2D eigenvalue weighted by Gasteiger charge is -2.31. The average molecular weight is 391 g/mol. The summed E-state index contributed by atoms with van der Waals surface area (Å²) in [5.41, 5.74) is 2.97. The molecular weight excluding hydrogens is 364 g/mol. The second-order valence-electron chi connectivity index (χ2n) is 6.84. The van der Waals surface area contributed by atoms with Crippen molar-refractivity contribution in [3.8, 4) is 5.69 Å². The summed E-state index contributed by atoms with van der Waals surface area (Å²) in [6, 6.07) is 9.68. The van der Waals surface area contributed by atoms with Gasteiger partial charge >= 0.3 is 0 Å². The van der Waals surface area contributed by atoms with Gasteiger partial charge in [-0.15, -0.1) is 0 Å². The lowest BCUT2D eigenvalue weighted by Crippen LogP contribution is -2.47. The summed E-state index contributed by atoms with van der Waals surface area (Å²) in [6.07, 6.45) is 1.24. The largest absolute Gasteiger partial charge is 0.349 e. The van der Waals surface area contributed by atoms with Gasteiger partial charge in [-0.05, 0) is 45.7 Å². The molecule has 1 amide bonds. The first-order chi connectivity index (χ1) is 12.8. The third-order valence-electron chi connectivity index (χ3n) is 5.07. The van der Waals surface area contributed by atoms with E-state index in [9.17, 15) is 13.2 Å². The molecule has 1 saturated heterocycles. The zero-order valence-electron chi connectivity index (χ0n) is 16.0. The number of amides is 1. The van der Waals surface area contributed by atoms with Crippen molar-refractivity contribution in [1.82, 2.24) is 19.4 Å². The molecule has 2 aromatic rings. The Balaban J connectivity index is 1.70. The number of carbonyl (C=O) groups excluding carboxylic acids is 1. The Morgan fingerprint density at radius 1 is 1.19 bits per heavy atom. The normalized spacial score (nSPS) is 16.4. The zero-order valence-corrected chi connectivity index (χ0v) is 16.8. The Morgan fingerprint density at radius 3 is 2.41 bits per heavy atom. The van der Waals surface area contributed by atoms with E-state index in [4.69, 9.17) is 0 Å². The number of carbonyl (C=O) groups is 1. The fraction of sp³-hybridized carbons (Fsp3) is 0.474. The summed E-state index contributed by atoms with van der Waals surface area (Å²) >= 11 is 0. The first-order valence-corrected chi connectivity index (χ1v) is 10.8. The van der Waals surface area contributed by atoms with Crippen LogP contribution in [0.3, 0.4) is 0 Å². The molecule has 1 aromatic carbocycles. The molecule has 0 bridgehead atoms. The minimum absolute atomic E-state index is 0.0281. The van der Waals surface area contributed by atoms with E-state index in [0.717, 1.165) is 11.4 Å². The first kappa shape index (κ1) is 19.6. The quantitative estimate of drug-likeness (QED) is 0.847. The molecule has 3 rings (SSSR count). The fourth-order valence-electron chi connectivity index (χ4n) is 3.51. The summed E-state index contributed by atoms with van der Waals surface area (Å²) in [5.74, 6) is -0.0369. The topological polar surface area (TPSA) is 84.3 Å². The second kappa shape index (κ2) is 7.82. The van der Waals surface area contributed by atoms with Crippen molar-refractivity contribution >= 4 is 15.9 Å². The van der Waals surface area contributed by atoms with Gasteiger partial charge in [-0.1, -0.05) is 18.2 Å². The van der Waals surface area contributed by atoms with Crippen molar-refractivity contribution in [2.75, 3.05) is 18.8 Å². The maximum Gasteiger partial charge on any atom is 0.255 e. The number of aryl methyl sites for hydroxylation is 1. The van der Waals surface area contributed by atoms with E-state index in [2.05, 4.69) is 10.4 Å². The zero-order chi connectivity index (χ0) is 19.6. The Labute approximate surface area is 160 Å². The maximum atomic E-state index is 12.8. The molecule has 146 valence electrons. The number of nitrogens with zero attached hydrogens (tertiary/aromatic N) is 3. The van der Waals surface area contributed by atoms with Crippen LogP contribution in [0.25, 0.3) is 5.69 Å². The van der Waals surface area contributed by atoms with Crippen LogP contribution in [0.2, 0.25) is 0 Å². The van der Waals surface area contributed by atoms with Gasteiger partial charge in [-0.25, -0.2) is 17.4 Å². The van der Waals surface area contributed by atoms with Gasteiger partial charge in [0.25, 0.3) is 5.91 Å². The van der Waals surface area contributed by atoms with Gasteiger partial charge in [0.05, 0.1) is 28.4 Å². The smallest absolute Gasteiger partial charge is 0.255 e. The van der Waals surface area contributed by atoms with Crippen LogP contribution in [0, 0.1) is 13.8 Å². The summed E-state index contributed by atoms with van der Waals surface area (Å²) in [4.78, 5) is 12.8. The van der Waals surface area contributed by atoms with Crippen LogP contribution < -0.4 is 5.32 Å². The molecule has 0 saturated carbocycles. The molecule has 0 aliphatic carbocycles. The monoisotopic (exact) mass is 390 g/mol. The minimum atomic E-state index is -3.16. The minimum Gasteiger partial charge on any atom is -0.349 e. The molecule has 1 N–H and O–H groups in total. The molecule has 2 heterocycles. The summed E-state index contributed by atoms with van der Waals surface area (Å²) in [6.45, 7) is 6.26. The van der Waals surface area contributed by atoms with Crippen molar-refractivity contribution in [1.29, 1.82) is 0 Å². The Morgan fingerprint density at radius 2 is 1.81 bits per heavy atom. The van der Waals surface area contributed by atoms with Crippen molar-refractivity contribution in [2.45, 2.75) is 39.7 Å². The number of rotatable bonds is 5. The van der Waals surface area contributed by atoms with Gasteiger partial charge in [0.2, 0.25) is 10.0 Å². The number of para-hydroxylation sites is 1. The van der Waals surface area contributed by atoms with Crippen LogP contribution in [0.1, 0.15) is 41.5 Å². The molecule has 1 aliphatic rings. The molecule has 0 spiro atoms. The summed E-state index contributed by atoms with van der Waals surface area (Å²) in [7, 11) is -3.16. The van der Waals surface area contributed by atoms with E-state index in [1.807, 2.05) is 44.2 Å². The van der Waals surface area contributed by atoms with Crippen LogP contribution in [-0.4, -0.2) is 53.3 Å². The highest BCUT2D eigenvalue weighted by atomic mass is 32.2. The van der Waals surface area contributed by atoms with E-state index in [1.54, 1.807) is 11.6 Å². The van der Waals surface area contributed by atoms with E-state index in [1.165, 1.54) is 4.31 Å². The van der Waals surface area contributed by atoms with Crippen LogP contribution >= 0.6 is 0 Å². The average Bonchev–Trinajstić information content (AvgIpc) is 2.97. The summed E-state index contributed by atoms with van der Waals surface area (Å²) in [5, 5.41) is 7.58. The van der Waals surface area contributed by atoms with Gasteiger partial charge in [-0.3, -0.25) is 4.79 Å². The summed E-state index contributed by atoms with van der Waals surface area (Å²) < 4.78 is 27.2. The van der Waals surface area contributed by atoms with E-state index < -0.39 is 10.0 Å². The molecule has 1 aromatic heterocycles. The lowest BCUT2D eigenvalue weighted by molar-refractivity contribution is 0.0922. The second-order valence-corrected chi connectivity index (χ2v) is 9.10. The van der Waals surface area contributed by atoms with E-state index in [-0.39, 0.29) is 17.7 Å². The predicted molar refractivity (Wildman–Crippen MR) is 105 cm³/mol. The fourth-order valence-corrected chi connectivity index (χ4v) is 4.64. The van der Waals surface area contributed by atoms with Crippen molar-refractivity contribution in [3.63, 3.8) is 0 Å². The van der Waals surface area contributed by atoms with Crippen LogP contribution in [0.4, 0.5) is 0 Å². The van der Waals surface area contributed by atoms with Crippen LogP contribution in [-0.2, 0) is 10.0 Å².